The van der Waals surface area contributed by atoms with E-state index in [4.69, 9.17) is 0 Å². The summed E-state index contributed by atoms with van der Waals surface area (Å²) < 4.78 is 0. The smallest absolute Gasteiger partial charge is 0.00801 e. The molecule has 1 rings (SSSR count). The molecule has 2 atom stereocenters. The number of thioether (sulfide) groups is 1. The van der Waals surface area contributed by atoms with Gasteiger partial charge in [0.1, 0.15) is 0 Å². The van der Waals surface area contributed by atoms with Crippen LogP contribution < -0.4 is 0 Å². The van der Waals surface area contributed by atoms with Crippen LogP contribution in [0.3, 0.4) is 0 Å². The highest BCUT2D eigenvalue weighted by Gasteiger charge is 2.27. The molecule has 1 heterocycles. The summed E-state index contributed by atoms with van der Waals surface area (Å²) in [6.45, 7) is 12.9. The van der Waals surface area contributed by atoms with Gasteiger partial charge in [-0.05, 0) is 45.4 Å². The van der Waals surface area contributed by atoms with Crippen LogP contribution >= 0.6 is 11.8 Å². The van der Waals surface area contributed by atoms with Crippen molar-refractivity contribution >= 4 is 11.8 Å². The fourth-order valence-electron chi connectivity index (χ4n) is 2.42. The predicted octanol–water partition coefficient (Wildman–Crippen LogP) is 3.39. The van der Waals surface area contributed by atoms with Crippen molar-refractivity contribution in [1.29, 1.82) is 0 Å². The second kappa shape index (κ2) is 5.41. The molecule has 0 bridgehead atoms. The number of nitrogens with zero attached hydrogens (tertiary/aromatic N) is 1. The first-order valence-electron chi connectivity index (χ1n) is 5.92. The highest BCUT2D eigenvalue weighted by Crippen LogP contribution is 2.30. The maximum absolute atomic E-state index is 2.64. The highest BCUT2D eigenvalue weighted by atomic mass is 32.2. The third kappa shape index (κ3) is 3.47. The number of likely N-dealkylation sites (tertiary alicyclic amines) is 1. The summed E-state index contributed by atoms with van der Waals surface area (Å²) in [5, 5.41) is 1.69. The molecule has 14 heavy (non-hydrogen) atoms. The van der Waals surface area contributed by atoms with E-state index < -0.39 is 0 Å². The van der Waals surface area contributed by atoms with E-state index in [1.54, 1.807) is 0 Å². The van der Waals surface area contributed by atoms with Gasteiger partial charge in [0.15, 0.2) is 0 Å². The molecule has 84 valence electrons. The highest BCUT2D eigenvalue weighted by molar-refractivity contribution is 8.00. The van der Waals surface area contributed by atoms with E-state index in [1.165, 1.54) is 19.4 Å². The molecule has 0 aromatic heterocycles. The summed E-state index contributed by atoms with van der Waals surface area (Å²) >= 11 is 2.17. The lowest BCUT2D eigenvalue weighted by Crippen LogP contribution is -2.45. The van der Waals surface area contributed by atoms with Gasteiger partial charge in [0.05, 0.1) is 0 Å². The Kier molecular flexibility index (Phi) is 4.78. The third-order valence-corrected chi connectivity index (χ3v) is 4.36. The molecule has 1 aliphatic rings. The Morgan fingerprint density at radius 1 is 1.21 bits per heavy atom. The van der Waals surface area contributed by atoms with Crippen LogP contribution in [0.2, 0.25) is 0 Å². The number of rotatable bonds is 3. The second-order valence-corrected chi connectivity index (χ2v) is 6.89. The lowest BCUT2D eigenvalue weighted by molar-refractivity contribution is 0.126. The van der Waals surface area contributed by atoms with Crippen molar-refractivity contribution in [3.8, 4) is 0 Å². The van der Waals surface area contributed by atoms with Gasteiger partial charge in [-0.1, -0.05) is 13.8 Å². The van der Waals surface area contributed by atoms with Crippen LogP contribution in [0.15, 0.2) is 0 Å². The molecule has 0 aromatic carbocycles. The summed E-state index contributed by atoms with van der Waals surface area (Å²) in [7, 11) is 0. The van der Waals surface area contributed by atoms with Gasteiger partial charge in [0.2, 0.25) is 0 Å². The molecule has 0 spiro atoms. The van der Waals surface area contributed by atoms with Crippen LogP contribution in [-0.4, -0.2) is 34.0 Å². The molecule has 0 aliphatic carbocycles. The average molecular weight is 215 g/mol. The number of piperidine rings is 1. The van der Waals surface area contributed by atoms with Crippen LogP contribution in [0.1, 0.15) is 47.5 Å². The first-order valence-corrected chi connectivity index (χ1v) is 6.86. The van der Waals surface area contributed by atoms with Gasteiger partial charge in [-0.25, -0.2) is 0 Å². The van der Waals surface area contributed by atoms with Crippen molar-refractivity contribution in [1.82, 2.24) is 4.90 Å². The zero-order valence-corrected chi connectivity index (χ0v) is 11.1. The molecule has 0 N–H and O–H groups in total. The summed E-state index contributed by atoms with van der Waals surface area (Å²) in [5.41, 5.74) is 0. The van der Waals surface area contributed by atoms with Crippen molar-refractivity contribution in [2.45, 2.75) is 70.0 Å². The van der Waals surface area contributed by atoms with Crippen LogP contribution in [0, 0.1) is 0 Å². The van der Waals surface area contributed by atoms with Gasteiger partial charge >= 0.3 is 0 Å². The largest absolute Gasteiger partial charge is 0.298 e. The van der Waals surface area contributed by atoms with Crippen molar-refractivity contribution in [3.63, 3.8) is 0 Å². The summed E-state index contributed by atoms with van der Waals surface area (Å²) in [6.07, 6.45) is 2.76. The fourth-order valence-corrected chi connectivity index (χ4v) is 3.82. The van der Waals surface area contributed by atoms with Crippen molar-refractivity contribution < 1.29 is 0 Å². The first-order chi connectivity index (χ1) is 6.50. The third-order valence-electron chi connectivity index (χ3n) is 3.01. The molecule has 1 nitrogen and oxygen atoms in total. The Bertz CT molecular complexity index is 168. The summed E-state index contributed by atoms with van der Waals surface area (Å²) in [6, 6.07) is 1.50. The van der Waals surface area contributed by atoms with Gasteiger partial charge in [0.25, 0.3) is 0 Å². The molecule has 1 fully saturated rings. The minimum Gasteiger partial charge on any atom is -0.298 e. The quantitative estimate of drug-likeness (QED) is 0.710. The maximum Gasteiger partial charge on any atom is 0.00801 e. The molecule has 2 heteroatoms. The molecule has 0 amide bonds. The molecule has 0 saturated carbocycles. The average Bonchev–Trinajstić information content (AvgIpc) is 2.01. The summed E-state index contributed by atoms with van der Waals surface area (Å²) in [4.78, 5) is 2.64. The SMILES string of the molecule is CC(C)SC1CCN(C(C)C)C(C)C1. The monoisotopic (exact) mass is 215 g/mol. The molecule has 0 radical (unpaired) electrons. The molecular weight excluding hydrogens is 190 g/mol. The maximum atomic E-state index is 2.64. The first kappa shape index (κ1) is 12.4. The Morgan fingerprint density at radius 3 is 2.29 bits per heavy atom. The van der Waals surface area contributed by atoms with Crippen molar-refractivity contribution in [2.24, 2.45) is 0 Å². The second-order valence-electron chi connectivity index (χ2n) is 5.01. The predicted molar refractivity (Wildman–Crippen MR) is 67.1 cm³/mol. The van der Waals surface area contributed by atoms with E-state index in [0.29, 0.717) is 0 Å². The van der Waals surface area contributed by atoms with Crippen LogP contribution in [0.25, 0.3) is 0 Å². The van der Waals surface area contributed by atoms with Gasteiger partial charge in [0, 0.05) is 17.3 Å². The van der Waals surface area contributed by atoms with Crippen molar-refractivity contribution in [2.75, 3.05) is 6.54 Å². The molecule has 1 aliphatic heterocycles. The van der Waals surface area contributed by atoms with Gasteiger partial charge in [-0.15, -0.1) is 0 Å². The molecule has 0 aromatic rings. The van der Waals surface area contributed by atoms with E-state index in [9.17, 15) is 0 Å². The topological polar surface area (TPSA) is 3.24 Å². The Labute approximate surface area is 93.6 Å². The molecular formula is C12H25NS. The molecule has 1 saturated heterocycles. The van der Waals surface area contributed by atoms with Crippen LogP contribution in [0.5, 0.6) is 0 Å². The normalized spacial score (nSPS) is 30.2. The zero-order chi connectivity index (χ0) is 10.7. The Morgan fingerprint density at radius 2 is 1.86 bits per heavy atom. The van der Waals surface area contributed by atoms with Crippen LogP contribution in [-0.2, 0) is 0 Å². The van der Waals surface area contributed by atoms with E-state index in [1.807, 2.05) is 0 Å². The van der Waals surface area contributed by atoms with Crippen molar-refractivity contribution in [3.05, 3.63) is 0 Å². The van der Waals surface area contributed by atoms with E-state index in [-0.39, 0.29) is 0 Å². The standard InChI is InChI=1S/C12H25NS/c1-9(2)13-7-6-12(8-11(13)5)14-10(3)4/h9-12H,6-8H2,1-5H3. The molecule has 2 unspecified atom stereocenters. The lowest BCUT2D eigenvalue weighted by Gasteiger charge is -2.40. The fraction of sp³-hybridized carbons (Fsp3) is 1.00. The number of hydrogen-bond acceptors (Lipinski definition) is 2. The van der Waals surface area contributed by atoms with Gasteiger partial charge in [-0.2, -0.15) is 11.8 Å². The minimum absolute atomic E-state index is 0.718. The Hall–Kier alpha value is 0.310. The minimum atomic E-state index is 0.718. The summed E-state index contributed by atoms with van der Waals surface area (Å²) in [5.74, 6) is 0. The van der Waals surface area contributed by atoms with Gasteiger partial charge < -0.3 is 0 Å². The van der Waals surface area contributed by atoms with Crippen LogP contribution in [0.4, 0.5) is 0 Å². The van der Waals surface area contributed by atoms with Gasteiger partial charge in [-0.3, -0.25) is 4.90 Å². The number of hydrogen-bond donors (Lipinski definition) is 0. The van der Waals surface area contributed by atoms with E-state index >= 15 is 0 Å². The van der Waals surface area contributed by atoms with E-state index in [2.05, 4.69) is 51.3 Å². The zero-order valence-electron chi connectivity index (χ0n) is 10.3. The van der Waals surface area contributed by atoms with E-state index in [0.717, 1.165) is 22.6 Å². The lowest BCUT2D eigenvalue weighted by atomic mass is 10.0. The Balaban J connectivity index is 2.39.